The summed E-state index contributed by atoms with van der Waals surface area (Å²) in [5, 5.41) is 12.7. The maximum Gasteiger partial charge on any atom is 0.371 e. The van der Waals surface area contributed by atoms with Crippen molar-refractivity contribution < 1.29 is 28.3 Å². The van der Waals surface area contributed by atoms with Crippen LogP contribution in [-0.2, 0) is 9.59 Å². The van der Waals surface area contributed by atoms with Crippen molar-refractivity contribution in [3.05, 3.63) is 65.9 Å². The van der Waals surface area contributed by atoms with Gasteiger partial charge >= 0.3 is 5.97 Å². The number of furan rings is 1. The van der Waals surface area contributed by atoms with E-state index in [1.807, 2.05) is 30.3 Å². The lowest BCUT2D eigenvalue weighted by atomic mass is 9.78. The molecule has 1 aliphatic heterocycles. The zero-order valence-corrected chi connectivity index (χ0v) is 21.0. The number of halogens is 1. The van der Waals surface area contributed by atoms with E-state index in [4.69, 9.17) is 10.2 Å². The molecule has 2 amide bonds. The first-order valence-electron chi connectivity index (χ1n) is 13.1. The van der Waals surface area contributed by atoms with E-state index in [0.717, 1.165) is 5.56 Å². The van der Waals surface area contributed by atoms with Gasteiger partial charge in [-0.2, -0.15) is 0 Å². The number of carboxylic acids is 1. The largest absolute Gasteiger partial charge is 0.475 e. The molecule has 1 unspecified atom stereocenters. The van der Waals surface area contributed by atoms with Crippen LogP contribution in [0, 0.1) is 11.8 Å². The topological polar surface area (TPSA) is 126 Å². The van der Waals surface area contributed by atoms with Gasteiger partial charge < -0.3 is 25.5 Å². The molecule has 3 aromatic rings. The maximum atomic E-state index is 13.7. The summed E-state index contributed by atoms with van der Waals surface area (Å²) in [6.07, 6.45) is 3.36. The van der Waals surface area contributed by atoms with Gasteiger partial charge in [-0.3, -0.25) is 9.59 Å². The van der Waals surface area contributed by atoms with E-state index >= 15 is 0 Å². The number of carbonyl (C=O) groups is 3. The third-order valence-corrected chi connectivity index (χ3v) is 8.08. The van der Waals surface area contributed by atoms with Gasteiger partial charge in [0.25, 0.3) is 0 Å². The van der Waals surface area contributed by atoms with Crippen LogP contribution < -0.4 is 11.1 Å². The molecule has 2 aromatic carbocycles. The highest BCUT2D eigenvalue weighted by Crippen LogP contribution is 2.38. The molecular formula is C29H32FN3O5. The van der Waals surface area contributed by atoms with E-state index < -0.39 is 24.7 Å². The van der Waals surface area contributed by atoms with Crippen LogP contribution in [0.2, 0.25) is 0 Å². The Kier molecular flexibility index (Phi) is 7.46. The Bertz CT molecular complexity index is 1320. The minimum Gasteiger partial charge on any atom is -0.475 e. The van der Waals surface area contributed by atoms with Crippen molar-refractivity contribution in [3.8, 4) is 0 Å². The molecular weight excluding hydrogens is 489 g/mol. The molecule has 2 heterocycles. The number of aromatic carboxylic acids is 1. The van der Waals surface area contributed by atoms with Crippen molar-refractivity contribution in [1.29, 1.82) is 0 Å². The van der Waals surface area contributed by atoms with Gasteiger partial charge in [0.15, 0.2) is 0 Å². The third-order valence-electron chi connectivity index (χ3n) is 8.08. The average molecular weight is 522 g/mol. The molecule has 2 aliphatic rings. The van der Waals surface area contributed by atoms with Crippen LogP contribution in [0.5, 0.6) is 0 Å². The number of amides is 2. The second-order valence-electron chi connectivity index (χ2n) is 10.4. The van der Waals surface area contributed by atoms with Gasteiger partial charge in [-0.1, -0.05) is 30.3 Å². The van der Waals surface area contributed by atoms with Crippen LogP contribution in [0.3, 0.4) is 0 Å². The number of nitrogens with zero attached hydrogens (tertiary/aromatic N) is 1. The summed E-state index contributed by atoms with van der Waals surface area (Å²) in [6, 6.07) is 14.9. The fourth-order valence-electron chi connectivity index (χ4n) is 6.01. The number of anilines is 1. The highest BCUT2D eigenvalue weighted by molar-refractivity contribution is 6.00. The molecule has 8 nitrogen and oxygen atoms in total. The highest BCUT2D eigenvalue weighted by atomic mass is 19.1. The molecule has 1 aliphatic carbocycles. The Labute approximate surface area is 220 Å². The number of nitrogens with two attached hydrogens (primary N) is 1. The Morgan fingerprint density at radius 2 is 1.79 bits per heavy atom. The summed E-state index contributed by atoms with van der Waals surface area (Å²) in [5.74, 6) is -1.96. The summed E-state index contributed by atoms with van der Waals surface area (Å²) in [6.45, 7) is -0.0816. The fraction of sp³-hybridized carbons (Fsp3) is 0.414. The zero-order valence-electron chi connectivity index (χ0n) is 21.0. The number of likely N-dealkylation sites (tertiary alicyclic amines) is 1. The SMILES string of the molecule is NC(CF)[C@H]1CC[C@H](C(=O)N2CC[C@@H](c3ccccc3)[C@H]2C(=O)Nc2ccc3oc(C(=O)O)cc3c2)CC1. The number of hydrogen-bond acceptors (Lipinski definition) is 5. The van der Waals surface area contributed by atoms with Crippen LogP contribution >= 0.6 is 0 Å². The Balaban J connectivity index is 1.37. The summed E-state index contributed by atoms with van der Waals surface area (Å²) in [5.41, 5.74) is 7.80. The standard InChI is InChI=1S/C29H32FN3O5/c30-16-23(31)18-6-8-19(9-7-18)28(35)33-13-12-22(17-4-2-1-3-5-17)26(33)27(34)32-21-10-11-24-20(14-21)15-25(38-24)29(36)37/h1-5,10-11,14-15,18-19,22-23,26H,6-9,12-13,16,31H2,(H,32,34)(H,36,37)/t18-,19-,22-,23?,26-/m0/s1. The van der Waals surface area contributed by atoms with Gasteiger partial charge in [0.05, 0.1) is 0 Å². The molecule has 200 valence electrons. The summed E-state index contributed by atoms with van der Waals surface area (Å²) >= 11 is 0. The first kappa shape index (κ1) is 25.9. The summed E-state index contributed by atoms with van der Waals surface area (Å²) in [4.78, 5) is 40.4. The Morgan fingerprint density at radius 1 is 1.05 bits per heavy atom. The van der Waals surface area contributed by atoms with E-state index in [9.17, 15) is 23.9 Å². The minimum absolute atomic E-state index is 0.0350. The Hall–Kier alpha value is -3.72. The maximum absolute atomic E-state index is 13.7. The number of nitrogens with one attached hydrogen (secondary N) is 1. The monoisotopic (exact) mass is 521 g/mol. The van der Waals surface area contributed by atoms with Crippen molar-refractivity contribution in [2.45, 2.75) is 50.1 Å². The fourth-order valence-corrected chi connectivity index (χ4v) is 6.01. The van der Waals surface area contributed by atoms with E-state index in [-0.39, 0.29) is 35.3 Å². The lowest BCUT2D eigenvalue weighted by molar-refractivity contribution is -0.141. The predicted molar refractivity (Wildman–Crippen MR) is 141 cm³/mol. The molecule has 1 saturated carbocycles. The number of alkyl halides is 1. The Morgan fingerprint density at radius 3 is 2.47 bits per heavy atom. The number of carboxylic acid groups (broad SMARTS) is 1. The van der Waals surface area contributed by atoms with Crippen molar-refractivity contribution in [1.82, 2.24) is 4.90 Å². The van der Waals surface area contributed by atoms with Crippen LogP contribution in [0.1, 0.15) is 54.1 Å². The third kappa shape index (κ3) is 5.15. The summed E-state index contributed by atoms with van der Waals surface area (Å²) in [7, 11) is 0. The van der Waals surface area contributed by atoms with Crippen molar-refractivity contribution >= 4 is 34.4 Å². The number of benzene rings is 2. The molecule has 38 heavy (non-hydrogen) atoms. The van der Waals surface area contributed by atoms with Gasteiger partial charge in [0.2, 0.25) is 17.6 Å². The van der Waals surface area contributed by atoms with Gasteiger partial charge in [-0.25, -0.2) is 9.18 Å². The van der Waals surface area contributed by atoms with Gasteiger partial charge in [0, 0.05) is 35.5 Å². The normalized spacial score (nSPS) is 24.3. The van der Waals surface area contributed by atoms with E-state index in [1.54, 1.807) is 23.1 Å². The smallest absolute Gasteiger partial charge is 0.371 e. The lowest BCUT2D eigenvalue weighted by Crippen LogP contribution is -2.48. The highest BCUT2D eigenvalue weighted by Gasteiger charge is 2.44. The second kappa shape index (κ2) is 10.9. The molecule has 4 N–H and O–H groups in total. The van der Waals surface area contributed by atoms with Crippen LogP contribution in [-0.4, -0.2) is 53.1 Å². The molecule has 0 radical (unpaired) electrons. The second-order valence-corrected chi connectivity index (χ2v) is 10.4. The number of carbonyl (C=O) groups excluding carboxylic acids is 2. The first-order chi connectivity index (χ1) is 18.4. The molecule has 2 fully saturated rings. The van der Waals surface area contributed by atoms with Crippen LogP contribution in [0.15, 0.2) is 59.0 Å². The average Bonchev–Trinajstić information content (AvgIpc) is 3.58. The molecule has 1 saturated heterocycles. The number of rotatable bonds is 7. The lowest BCUT2D eigenvalue weighted by Gasteiger charge is -2.35. The van der Waals surface area contributed by atoms with E-state index in [0.29, 0.717) is 55.3 Å². The number of hydrogen-bond donors (Lipinski definition) is 3. The van der Waals surface area contributed by atoms with Gasteiger partial charge in [0.1, 0.15) is 18.3 Å². The molecule has 0 bridgehead atoms. The van der Waals surface area contributed by atoms with Crippen molar-refractivity contribution in [2.24, 2.45) is 17.6 Å². The van der Waals surface area contributed by atoms with Gasteiger partial charge in [-0.05, 0) is 67.9 Å². The molecule has 5 rings (SSSR count). The molecule has 1 aromatic heterocycles. The first-order valence-corrected chi connectivity index (χ1v) is 13.1. The van der Waals surface area contributed by atoms with E-state index in [2.05, 4.69) is 5.32 Å². The number of fused-ring (bicyclic) bond motifs is 1. The van der Waals surface area contributed by atoms with Gasteiger partial charge in [-0.15, -0.1) is 0 Å². The predicted octanol–water partition coefficient (Wildman–Crippen LogP) is 4.56. The van der Waals surface area contributed by atoms with Crippen molar-refractivity contribution in [2.75, 3.05) is 18.5 Å². The quantitative estimate of drug-likeness (QED) is 0.419. The van der Waals surface area contributed by atoms with Crippen LogP contribution in [0.4, 0.5) is 10.1 Å². The molecule has 9 heteroatoms. The molecule has 3 atom stereocenters. The van der Waals surface area contributed by atoms with E-state index in [1.165, 1.54) is 6.07 Å². The zero-order chi connectivity index (χ0) is 26.8. The van der Waals surface area contributed by atoms with Crippen molar-refractivity contribution in [3.63, 3.8) is 0 Å². The van der Waals surface area contributed by atoms with Crippen LogP contribution in [0.25, 0.3) is 11.0 Å². The minimum atomic E-state index is -1.17. The summed E-state index contributed by atoms with van der Waals surface area (Å²) < 4.78 is 18.4. The molecule has 0 spiro atoms.